The Morgan fingerprint density at radius 2 is 2.24 bits per heavy atom. The average molecular weight is 233 g/mol. The maximum atomic E-state index is 4.52. The summed E-state index contributed by atoms with van der Waals surface area (Å²) in [6, 6.07) is 5.07. The molecule has 0 unspecified atom stereocenters. The van der Waals surface area contributed by atoms with Crippen LogP contribution in [0.1, 0.15) is 38.2 Å². The molecule has 1 heterocycles. The number of nitrogens with zero attached hydrogens (tertiary/aromatic N) is 2. The second-order valence-corrected chi connectivity index (χ2v) is 4.95. The maximum Gasteiger partial charge on any atom is 0.128 e. The Morgan fingerprint density at radius 3 is 2.82 bits per heavy atom. The molecule has 0 radical (unpaired) electrons. The van der Waals surface area contributed by atoms with Crippen molar-refractivity contribution in [3.05, 3.63) is 23.9 Å². The Labute approximate surface area is 104 Å². The van der Waals surface area contributed by atoms with Gasteiger partial charge in [-0.3, -0.25) is 0 Å². The van der Waals surface area contributed by atoms with Crippen molar-refractivity contribution >= 4 is 5.82 Å². The van der Waals surface area contributed by atoms with Gasteiger partial charge in [-0.1, -0.05) is 19.4 Å². The predicted molar refractivity (Wildman–Crippen MR) is 72.3 cm³/mol. The molecule has 1 aliphatic carbocycles. The molecule has 2 rings (SSSR count). The highest BCUT2D eigenvalue weighted by Gasteiger charge is 2.19. The first-order chi connectivity index (χ1) is 8.29. The van der Waals surface area contributed by atoms with Gasteiger partial charge in [0, 0.05) is 32.4 Å². The summed E-state index contributed by atoms with van der Waals surface area (Å²) in [5, 5.41) is 3.50. The van der Waals surface area contributed by atoms with Crippen molar-refractivity contribution in [2.75, 3.05) is 18.5 Å². The largest absolute Gasteiger partial charge is 0.360 e. The van der Waals surface area contributed by atoms with Crippen LogP contribution in [0.5, 0.6) is 0 Å². The number of hydrogen-bond donors (Lipinski definition) is 1. The van der Waals surface area contributed by atoms with E-state index >= 15 is 0 Å². The summed E-state index contributed by atoms with van der Waals surface area (Å²) in [6.07, 6.45) is 7.13. The van der Waals surface area contributed by atoms with Crippen LogP contribution in [0.4, 0.5) is 5.82 Å². The zero-order valence-corrected chi connectivity index (χ0v) is 10.9. The molecule has 17 heavy (non-hydrogen) atoms. The number of unbranched alkanes of at least 4 members (excludes halogenated alkanes) is 1. The molecule has 1 saturated carbocycles. The first kappa shape index (κ1) is 12.4. The van der Waals surface area contributed by atoms with Crippen molar-refractivity contribution in [3.63, 3.8) is 0 Å². The van der Waals surface area contributed by atoms with Crippen LogP contribution in [-0.2, 0) is 6.54 Å². The van der Waals surface area contributed by atoms with E-state index in [0.717, 1.165) is 24.9 Å². The minimum atomic E-state index is 0.766. The van der Waals surface area contributed by atoms with Crippen LogP contribution in [0.2, 0.25) is 0 Å². The van der Waals surface area contributed by atoms with E-state index in [9.17, 15) is 0 Å². The summed E-state index contributed by atoms with van der Waals surface area (Å²) in [5.74, 6) is 1.08. The molecular weight excluding hydrogens is 210 g/mol. The van der Waals surface area contributed by atoms with Crippen molar-refractivity contribution in [3.8, 4) is 0 Å². The number of aromatic nitrogens is 1. The van der Waals surface area contributed by atoms with E-state index in [1.807, 2.05) is 6.20 Å². The van der Waals surface area contributed by atoms with Gasteiger partial charge in [0.25, 0.3) is 0 Å². The second kappa shape index (κ2) is 6.01. The highest BCUT2D eigenvalue weighted by Crippen LogP contribution is 2.19. The highest BCUT2D eigenvalue weighted by atomic mass is 15.2. The molecule has 0 bridgehead atoms. The molecule has 1 aromatic rings. The minimum Gasteiger partial charge on any atom is -0.360 e. The number of nitrogens with one attached hydrogen (secondary N) is 1. The van der Waals surface area contributed by atoms with Gasteiger partial charge in [-0.25, -0.2) is 4.98 Å². The third-order valence-electron chi connectivity index (χ3n) is 3.22. The Kier molecular flexibility index (Phi) is 4.37. The molecule has 0 spiro atoms. The van der Waals surface area contributed by atoms with Crippen molar-refractivity contribution in [2.45, 2.75) is 45.2 Å². The van der Waals surface area contributed by atoms with Gasteiger partial charge in [-0.15, -0.1) is 0 Å². The van der Waals surface area contributed by atoms with Gasteiger partial charge in [-0.2, -0.15) is 0 Å². The lowest BCUT2D eigenvalue weighted by molar-refractivity contribution is 0.685. The monoisotopic (exact) mass is 233 g/mol. The molecule has 0 atom stereocenters. The van der Waals surface area contributed by atoms with E-state index < -0.39 is 0 Å². The van der Waals surface area contributed by atoms with Gasteiger partial charge in [0.2, 0.25) is 0 Å². The number of rotatable bonds is 7. The van der Waals surface area contributed by atoms with Gasteiger partial charge in [0.1, 0.15) is 5.82 Å². The van der Waals surface area contributed by atoms with Gasteiger partial charge in [-0.05, 0) is 30.9 Å². The van der Waals surface area contributed by atoms with Gasteiger partial charge in [0.05, 0.1) is 0 Å². The lowest BCUT2D eigenvalue weighted by atomic mass is 10.2. The van der Waals surface area contributed by atoms with Crippen molar-refractivity contribution in [1.82, 2.24) is 10.3 Å². The van der Waals surface area contributed by atoms with E-state index in [1.165, 1.54) is 31.2 Å². The van der Waals surface area contributed by atoms with Crippen LogP contribution >= 0.6 is 0 Å². The third kappa shape index (κ3) is 4.00. The molecule has 1 N–H and O–H groups in total. The fraction of sp³-hybridized carbons (Fsp3) is 0.643. The number of anilines is 1. The molecule has 1 aromatic heterocycles. The normalized spacial score (nSPS) is 14.9. The third-order valence-corrected chi connectivity index (χ3v) is 3.22. The fourth-order valence-electron chi connectivity index (χ4n) is 1.81. The summed E-state index contributed by atoms with van der Waals surface area (Å²) in [7, 11) is 2.11. The molecule has 1 aliphatic rings. The average Bonchev–Trinajstić information content (AvgIpc) is 3.18. The molecule has 0 saturated heterocycles. The lowest BCUT2D eigenvalue weighted by Gasteiger charge is -2.17. The zero-order valence-electron chi connectivity index (χ0n) is 10.9. The Hall–Kier alpha value is -1.09. The topological polar surface area (TPSA) is 28.2 Å². The zero-order chi connectivity index (χ0) is 12.1. The molecular formula is C14H23N3. The molecule has 3 nitrogen and oxygen atoms in total. The Bertz CT molecular complexity index is 330. The van der Waals surface area contributed by atoms with Crippen LogP contribution in [0.15, 0.2) is 18.3 Å². The van der Waals surface area contributed by atoms with E-state index in [1.54, 1.807) is 0 Å². The van der Waals surface area contributed by atoms with Crippen LogP contribution in [-0.4, -0.2) is 24.6 Å². The van der Waals surface area contributed by atoms with Crippen molar-refractivity contribution in [1.29, 1.82) is 0 Å². The summed E-state index contributed by atoms with van der Waals surface area (Å²) in [5.41, 5.74) is 1.28. The molecule has 0 aromatic carbocycles. The van der Waals surface area contributed by atoms with Gasteiger partial charge in [0.15, 0.2) is 0 Å². The van der Waals surface area contributed by atoms with E-state index in [0.29, 0.717) is 0 Å². The smallest absolute Gasteiger partial charge is 0.128 e. The molecule has 3 heteroatoms. The van der Waals surface area contributed by atoms with Crippen LogP contribution in [0.3, 0.4) is 0 Å². The Morgan fingerprint density at radius 1 is 1.41 bits per heavy atom. The first-order valence-corrected chi connectivity index (χ1v) is 6.69. The molecule has 0 amide bonds. The summed E-state index contributed by atoms with van der Waals surface area (Å²) in [6.45, 7) is 4.26. The second-order valence-electron chi connectivity index (χ2n) is 4.95. The quantitative estimate of drug-likeness (QED) is 0.784. The maximum absolute atomic E-state index is 4.52. The summed E-state index contributed by atoms with van der Waals surface area (Å²) < 4.78 is 0. The first-order valence-electron chi connectivity index (χ1n) is 6.69. The van der Waals surface area contributed by atoms with Crippen molar-refractivity contribution in [2.24, 2.45) is 0 Å². The predicted octanol–water partition coefficient (Wildman–Crippen LogP) is 2.57. The van der Waals surface area contributed by atoms with E-state index in [4.69, 9.17) is 0 Å². The highest BCUT2D eigenvalue weighted by molar-refractivity contribution is 5.38. The number of pyridine rings is 1. The summed E-state index contributed by atoms with van der Waals surface area (Å²) >= 11 is 0. The van der Waals surface area contributed by atoms with E-state index in [2.05, 4.69) is 41.3 Å². The SMILES string of the molecule is CCCCN(C)c1ccc(CNC2CC2)cn1. The standard InChI is InChI=1S/C14H23N3/c1-3-4-9-17(2)14-8-5-12(11-16-14)10-15-13-6-7-13/h5,8,11,13,15H,3-4,6-7,9-10H2,1-2H3. The lowest BCUT2D eigenvalue weighted by Crippen LogP contribution is -2.20. The van der Waals surface area contributed by atoms with Crippen molar-refractivity contribution < 1.29 is 0 Å². The van der Waals surface area contributed by atoms with Gasteiger partial charge >= 0.3 is 0 Å². The fourth-order valence-corrected chi connectivity index (χ4v) is 1.81. The van der Waals surface area contributed by atoms with E-state index in [-0.39, 0.29) is 0 Å². The molecule has 0 aliphatic heterocycles. The number of hydrogen-bond acceptors (Lipinski definition) is 3. The molecule has 94 valence electrons. The minimum absolute atomic E-state index is 0.766. The van der Waals surface area contributed by atoms with Crippen LogP contribution in [0.25, 0.3) is 0 Å². The van der Waals surface area contributed by atoms with Crippen LogP contribution < -0.4 is 10.2 Å². The van der Waals surface area contributed by atoms with Gasteiger partial charge < -0.3 is 10.2 Å². The molecule has 1 fully saturated rings. The van der Waals surface area contributed by atoms with Crippen LogP contribution in [0, 0.1) is 0 Å². The summed E-state index contributed by atoms with van der Waals surface area (Å²) in [4.78, 5) is 6.74. The Balaban J connectivity index is 1.82.